The van der Waals surface area contributed by atoms with Gasteiger partial charge in [-0.15, -0.1) is 0 Å². The molecule has 120 valence electrons. The van der Waals surface area contributed by atoms with Gasteiger partial charge in [-0.1, -0.05) is 41.9 Å². The van der Waals surface area contributed by atoms with Crippen molar-refractivity contribution in [3.8, 4) is 0 Å². The first-order chi connectivity index (χ1) is 11.6. The lowest BCUT2D eigenvalue weighted by molar-refractivity contribution is 0.0950. The Balaban J connectivity index is 1.89. The summed E-state index contributed by atoms with van der Waals surface area (Å²) < 4.78 is 1.14. The summed E-state index contributed by atoms with van der Waals surface area (Å²) in [6.07, 6.45) is 1.48. The molecule has 3 rings (SSSR count). The molecule has 0 aliphatic carbocycles. The Morgan fingerprint density at radius 2 is 1.96 bits per heavy atom. The molecule has 0 aliphatic heterocycles. The normalized spacial score (nSPS) is 11.1. The van der Waals surface area contributed by atoms with Crippen molar-refractivity contribution in [2.75, 3.05) is 0 Å². The second-order valence-electron chi connectivity index (χ2n) is 5.08. The van der Waals surface area contributed by atoms with E-state index in [4.69, 9.17) is 11.6 Å². The molecule has 0 bridgehead atoms. The van der Waals surface area contributed by atoms with Gasteiger partial charge in [0.25, 0.3) is 11.5 Å². The Bertz CT molecular complexity index is 1010. The maximum Gasteiger partial charge on any atom is 0.292 e. The van der Waals surface area contributed by atoms with Crippen LogP contribution in [0.4, 0.5) is 0 Å². The van der Waals surface area contributed by atoms with E-state index in [1.165, 1.54) is 13.3 Å². The Kier molecular flexibility index (Phi) is 4.39. The van der Waals surface area contributed by atoms with E-state index in [2.05, 4.69) is 15.6 Å². The van der Waals surface area contributed by atoms with Crippen molar-refractivity contribution >= 4 is 34.5 Å². The summed E-state index contributed by atoms with van der Waals surface area (Å²) in [5.41, 5.74) is 3.04. The number of rotatable bonds is 3. The van der Waals surface area contributed by atoms with Crippen LogP contribution in [0.15, 0.2) is 58.4 Å². The molecule has 0 unspecified atom stereocenters. The predicted octanol–water partition coefficient (Wildman–Crippen LogP) is 2.35. The monoisotopic (exact) mass is 340 g/mol. The Hall–Kier alpha value is -2.99. The molecule has 7 heteroatoms. The molecule has 0 spiro atoms. The molecule has 0 saturated heterocycles. The third-order valence-corrected chi connectivity index (χ3v) is 3.64. The minimum Gasteiger partial charge on any atom is -0.267 e. The average Bonchev–Trinajstić information content (AvgIpc) is 2.58. The van der Waals surface area contributed by atoms with Crippen molar-refractivity contribution in [2.24, 2.45) is 12.1 Å². The summed E-state index contributed by atoms with van der Waals surface area (Å²) in [6.45, 7) is 0. The number of nitrogens with one attached hydrogen (secondary N) is 1. The minimum atomic E-state index is -0.500. The van der Waals surface area contributed by atoms with Gasteiger partial charge in [0.15, 0.2) is 5.69 Å². The molecule has 2 aromatic carbocycles. The topological polar surface area (TPSA) is 76.3 Å². The summed E-state index contributed by atoms with van der Waals surface area (Å²) in [4.78, 5) is 24.4. The zero-order chi connectivity index (χ0) is 17.1. The van der Waals surface area contributed by atoms with Crippen molar-refractivity contribution in [2.45, 2.75) is 0 Å². The minimum absolute atomic E-state index is 0.135. The number of aryl methyl sites for hydroxylation is 1. The van der Waals surface area contributed by atoms with Crippen LogP contribution < -0.4 is 11.0 Å². The first-order valence-corrected chi connectivity index (χ1v) is 7.49. The zero-order valence-electron chi connectivity index (χ0n) is 12.7. The van der Waals surface area contributed by atoms with Crippen molar-refractivity contribution < 1.29 is 4.79 Å². The molecule has 0 aliphatic rings. The lowest BCUT2D eigenvalue weighted by atomic mass is 10.1. The molecule has 1 amide bonds. The highest BCUT2D eigenvalue weighted by Crippen LogP contribution is 2.13. The quantitative estimate of drug-likeness (QED) is 0.587. The molecule has 1 heterocycles. The van der Waals surface area contributed by atoms with Crippen LogP contribution in [0.3, 0.4) is 0 Å². The van der Waals surface area contributed by atoms with Gasteiger partial charge in [0.05, 0.1) is 11.6 Å². The van der Waals surface area contributed by atoms with E-state index < -0.39 is 5.91 Å². The predicted molar refractivity (Wildman–Crippen MR) is 93.5 cm³/mol. The van der Waals surface area contributed by atoms with E-state index >= 15 is 0 Å². The fourth-order valence-electron chi connectivity index (χ4n) is 2.27. The number of fused-ring (bicyclic) bond motifs is 1. The lowest BCUT2D eigenvalue weighted by Gasteiger charge is -2.06. The van der Waals surface area contributed by atoms with E-state index in [1.807, 2.05) is 0 Å². The molecule has 1 aromatic heterocycles. The highest BCUT2D eigenvalue weighted by atomic mass is 35.5. The first kappa shape index (κ1) is 15.9. The number of hydrogen-bond donors (Lipinski definition) is 1. The summed E-state index contributed by atoms with van der Waals surface area (Å²) in [7, 11) is 1.50. The van der Waals surface area contributed by atoms with Gasteiger partial charge in [0, 0.05) is 17.5 Å². The van der Waals surface area contributed by atoms with Gasteiger partial charge in [0.2, 0.25) is 0 Å². The van der Waals surface area contributed by atoms with E-state index in [0.717, 1.165) is 10.2 Å². The van der Waals surface area contributed by atoms with Crippen molar-refractivity contribution in [1.29, 1.82) is 0 Å². The molecule has 6 nitrogen and oxygen atoms in total. The molecular formula is C17H13ClN4O2. The van der Waals surface area contributed by atoms with Gasteiger partial charge in [-0.25, -0.2) is 10.1 Å². The maximum absolute atomic E-state index is 12.4. The fourth-order valence-corrected chi connectivity index (χ4v) is 2.47. The second-order valence-corrected chi connectivity index (χ2v) is 5.51. The smallest absolute Gasteiger partial charge is 0.267 e. The Labute approximate surface area is 142 Å². The number of carbonyl (C=O) groups is 1. The van der Waals surface area contributed by atoms with Gasteiger partial charge < -0.3 is 0 Å². The van der Waals surface area contributed by atoms with Gasteiger partial charge in [0.1, 0.15) is 0 Å². The average molecular weight is 341 g/mol. The third-order valence-electron chi connectivity index (χ3n) is 3.40. The van der Waals surface area contributed by atoms with Gasteiger partial charge in [-0.05, 0) is 23.8 Å². The summed E-state index contributed by atoms with van der Waals surface area (Å²) in [5.74, 6) is -0.500. The van der Waals surface area contributed by atoms with E-state index in [1.54, 1.807) is 48.5 Å². The van der Waals surface area contributed by atoms with Crippen LogP contribution in [-0.4, -0.2) is 21.9 Å². The number of hydrazone groups is 1. The van der Waals surface area contributed by atoms with Crippen LogP contribution in [-0.2, 0) is 7.05 Å². The van der Waals surface area contributed by atoms with E-state index in [0.29, 0.717) is 15.8 Å². The van der Waals surface area contributed by atoms with Crippen LogP contribution in [0.2, 0.25) is 5.02 Å². The largest absolute Gasteiger partial charge is 0.292 e. The van der Waals surface area contributed by atoms with Crippen LogP contribution in [0.5, 0.6) is 0 Å². The second kappa shape index (κ2) is 6.64. The summed E-state index contributed by atoms with van der Waals surface area (Å²) in [5, 5.41) is 9.44. The van der Waals surface area contributed by atoms with Crippen LogP contribution >= 0.6 is 11.6 Å². The fraction of sp³-hybridized carbons (Fsp3) is 0.0588. The molecule has 0 fully saturated rings. The lowest BCUT2D eigenvalue weighted by Crippen LogP contribution is -2.27. The van der Waals surface area contributed by atoms with Gasteiger partial charge in [-0.3, -0.25) is 9.59 Å². The number of aromatic nitrogens is 2. The van der Waals surface area contributed by atoms with E-state index in [-0.39, 0.29) is 11.3 Å². The van der Waals surface area contributed by atoms with Crippen LogP contribution in [0, 0.1) is 0 Å². The molecule has 24 heavy (non-hydrogen) atoms. The SMILES string of the molecule is Cn1nc(C(=O)NN=Cc2cccc(Cl)c2)c2ccccc2c1=O. The highest BCUT2D eigenvalue weighted by Gasteiger charge is 2.14. The Morgan fingerprint density at radius 3 is 2.71 bits per heavy atom. The molecular weight excluding hydrogens is 328 g/mol. The number of carbonyl (C=O) groups excluding carboxylic acids is 1. The van der Waals surface area contributed by atoms with Crippen LogP contribution in [0.1, 0.15) is 16.1 Å². The van der Waals surface area contributed by atoms with Gasteiger partial charge in [-0.2, -0.15) is 10.2 Å². The number of amides is 1. The molecule has 0 saturated carbocycles. The number of benzene rings is 2. The maximum atomic E-state index is 12.4. The summed E-state index contributed by atoms with van der Waals surface area (Å²) >= 11 is 5.89. The van der Waals surface area contributed by atoms with Crippen molar-refractivity contribution in [3.05, 3.63) is 75.2 Å². The first-order valence-electron chi connectivity index (χ1n) is 7.11. The van der Waals surface area contributed by atoms with Crippen LogP contribution in [0.25, 0.3) is 10.8 Å². The number of hydrogen-bond acceptors (Lipinski definition) is 4. The molecule has 0 radical (unpaired) electrons. The Morgan fingerprint density at radius 1 is 1.21 bits per heavy atom. The molecule has 3 aromatic rings. The summed E-state index contributed by atoms with van der Waals surface area (Å²) in [6, 6.07) is 13.9. The number of halogens is 1. The molecule has 0 atom stereocenters. The van der Waals surface area contributed by atoms with Crippen molar-refractivity contribution in [1.82, 2.24) is 15.2 Å². The zero-order valence-corrected chi connectivity index (χ0v) is 13.5. The van der Waals surface area contributed by atoms with E-state index in [9.17, 15) is 9.59 Å². The highest BCUT2D eigenvalue weighted by molar-refractivity contribution is 6.30. The van der Waals surface area contributed by atoms with Gasteiger partial charge >= 0.3 is 0 Å². The molecule has 1 N–H and O–H groups in total. The van der Waals surface area contributed by atoms with Crippen molar-refractivity contribution in [3.63, 3.8) is 0 Å². The number of nitrogens with zero attached hydrogens (tertiary/aromatic N) is 3. The third kappa shape index (κ3) is 3.18. The standard InChI is InChI=1S/C17H13ClN4O2/c1-22-17(24)14-8-3-2-7-13(14)15(21-22)16(23)20-19-10-11-5-4-6-12(18)9-11/h2-10H,1H3,(H,20,23).